The molecule has 0 aromatic carbocycles. The number of esters is 1. The number of carbonyl (C=O) groups excluding carboxylic acids is 3. The Morgan fingerprint density at radius 2 is 2.06 bits per heavy atom. The summed E-state index contributed by atoms with van der Waals surface area (Å²) in [6.45, 7) is 0. The molecule has 0 aliphatic heterocycles. The van der Waals surface area contributed by atoms with E-state index >= 15 is 0 Å². The number of ketones is 2. The molecule has 0 unspecified atom stereocenters. The van der Waals surface area contributed by atoms with Crippen LogP contribution >= 0.6 is 0 Å². The van der Waals surface area contributed by atoms with Crippen LogP contribution in [0.15, 0.2) is 12.2 Å². The zero-order valence-corrected chi connectivity index (χ0v) is 9.19. The molecule has 0 aromatic rings. The number of carbonyl (C=O) groups is 3. The number of methoxy groups -OCH3 is 1. The zero-order chi connectivity index (χ0) is 11.8. The van der Waals surface area contributed by atoms with Gasteiger partial charge in [0.2, 0.25) is 0 Å². The molecule has 0 heterocycles. The molecule has 4 heteroatoms. The minimum Gasteiger partial charge on any atom is -0.468 e. The molecule has 0 aromatic heterocycles. The third-order valence-corrected chi connectivity index (χ3v) is 3.62. The van der Waals surface area contributed by atoms with Crippen LogP contribution in [-0.2, 0) is 19.1 Å². The van der Waals surface area contributed by atoms with Gasteiger partial charge in [-0.1, -0.05) is 6.08 Å². The fourth-order valence-electron chi connectivity index (χ4n) is 2.71. The molecule has 0 N–H and O–H groups in total. The maximum atomic E-state index is 11.9. The maximum absolute atomic E-state index is 11.9. The van der Waals surface area contributed by atoms with E-state index in [-0.39, 0.29) is 17.5 Å². The molecule has 0 spiro atoms. The summed E-state index contributed by atoms with van der Waals surface area (Å²) >= 11 is 0. The second kappa shape index (κ2) is 3.85. The molecule has 2 aliphatic rings. The Kier molecular flexibility index (Phi) is 2.66. The van der Waals surface area contributed by atoms with Crippen molar-refractivity contribution in [2.24, 2.45) is 11.3 Å². The molecule has 0 amide bonds. The van der Waals surface area contributed by atoms with E-state index < -0.39 is 11.4 Å². The van der Waals surface area contributed by atoms with E-state index in [4.69, 9.17) is 4.74 Å². The number of fused-ring (bicyclic) bond motifs is 1. The van der Waals surface area contributed by atoms with Gasteiger partial charge in [0.05, 0.1) is 7.11 Å². The van der Waals surface area contributed by atoms with Crippen molar-refractivity contribution in [1.29, 1.82) is 0 Å². The molecule has 86 valence electrons. The van der Waals surface area contributed by atoms with E-state index in [0.717, 1.165) is 0 Å². The van der Waals surface area contributed by atoms with Crippen molar-refractivity contribution in [3.63, 3.8) is 0 Å². The van der Waals surface area contributed by atoms with Crippen LogP contribution in [0.25, 0.3) is 0 Å². The largest absolute Gasteiger partial charge is 0.468 e. The van der Waals surface area contributed by atoms with Gasteiger partial charge >= 0.3 is 5.97 Å². The zero-order valence-electron chi connectivity index (χ0n) is 9.19. The molecule has 4 nitrogen and oxygen atoms in total. The molecule has 0 radical (unpaired) electrons. The SMILES string of the molecule is COC(=O)[C@@]12C=CC(=O)CC[C@@H]1CCC2=O. The van der Waals surface area contributed by atoms with E-state index in [1.165, 1.54) is 19.3 Å². The van der Waals surface area contributed by atoms with E-state index in [0.29, 0.717) is 25.7 Å². The summed E-state index contributed by atoms with van der Waals surface area (Å²) in [4.78, 5) is 35.1. The Bertz CT molecular complexity index is 382. The van der Waals surface area contributed by atoms with E-state index in [2.05, 4.69) is 0 Å². The summed E-state index contributed by atoms with van der Waals surface area (Å²) < 4.78 is 4.73. The highest BCUT2D eigenvalue weighted by atomic mass is 16.5. The molecule has 16 heavy (non-hydrogen) atoms. The summed E-state index contributed by atoms with van der Waals surface area (Å²) in [5, 5.41) is 0. The average Bonchev–Trinajstić information content (AvgIpc) is 2.50. The first-order valence-corrected chi connectivity index (χ1v) is 5.45. The lowest BCUT2D eigenvalue weighted by molar-refractivity contribution is -0.155. The van der Waals surface area contributed by atoms with Crippen molar-refractivity contribution < 1.29 is 19.1 Å². The number of rotatable bonds is 1. The van der Waals surface area contributed by atoms with Crippen LogP contribution in [0.4, 0.5) is 0 Å². The summed E-state index contributed by atoms with van der Waals surface area (Å²) in [5.74, 6) is -0.734. The van der Waals surface area contributed by atoms with Crippen LogP contribution in [0.5, 0.6) is 0 Å². The monoisotopic (exact) mass is 222 g/mol. The number of hydrogen-bond acceptors (Lipinski definition) is 4. The minimum atomic E-state index is -1.18. The predicted octanol–water partition coefficient (Wildman–Crippen LogP) is 1.04. The Morgan fingerprint density at radius 1 is 1.38 bits per heavy atom. The molecule has 1 fully saturated rings. The third-order valence-electron chi connectivity index (χ3n) is 3.62. The van der Waals surface area contributed by atoms with E-state index in [1.807, 2.05) is 0 Å². The maximum Gasteiger partial charge on any atom is 0.323 e. The average molecular weight is 222 g/mol. The topological polar surface area (TPSA) is 60.4 Å². The van der Waals surface area contributed by atoms with E-state index in [9.17, 15) is 14.4 Å². The normalized spacial score (nSPS) is 33.4. The number of allylic oxidation sites excluding steroid dienone is 1. The van der Waals surface area contributed by atoms with Crippen LogP contribution in [-0.4, -0.2) is 24.6 Å². The first-order chi connectivity index (χ1) is 7.61. The Morgan fingerprint density at radius 3 is 2.75 bits per heavy atom. The lowest BCUT2D eigenvalue weighted by Crippen LogP contribution is -2.39. The molecular formula is C12H14O4. The van der Waals surface area contributed by atoms with Crippen LogP contribution in [0.3, 0.4) is 0 Å². The first-order valence-electron chi connectivity index (χ1n) is 5.45. The predicted molar refractivity (Wildman–Crippen MR) is 55.6 cm³/mol. The van der Waals surface area contributed by atoms with E-state index in [1.54, 1.807) is 0 Å². The highest BCUT2D eigenvalue weighted by Gasteiger charge is 2.55. The Balaban J connectivity index is 2.47. The molecular weight excluding hydrogens is 208 g/mol. The van der Waals surface area contributed by atoms with Crippen molar-refractivity contribution in [3.05, 3.63) is 12.2 Å². The van der Waals surface area contributed by atoms with Gasteiger partial charge in [0.15, 0.2) is 11.6 Å². The summed E-state index contributed by atoms with van der Waals surface area (Å²) in [6.07, 6.45) is 4.90. The molecule has 2 atom stereocenters. The minimum absolute atomic E-state index is 0.0227. The van der Waals surface area contributed by atoms with Crippen LogP contribution in [0.1, 0.15) is 25.7 Å². The highest BCUT2D eigenvalue weighted by molar-refractivity contribution is 6.09. The van der Waals surface area contributed by atoms with Gasteiger partial charge in [-0.25, -0.2) is 0 Å². The van der Waals surface area contributed by atoms with Gasteiger partial charge in [-0.2, -0.15) is 0 Å². The van der Waals surface area contributed by atoms with Crippen molar-refractivity contribution >= 4 is 17.5 Å². The van der Waals surface area contributed by atoms with Gasteiger partial charge in [-0.15, -0.1) is 0 Å². The number of hydrogen-bond donors (Lipinski definition) is 0. The van der Waals surface area contributed by atoms with Gasteiger partial charge in [-0.05, 0) is 24.8 Å². The fraction of sp³-hybridized carbons (Fsp3) is 0.583. The van der Waals surface area contributed by atoms with Crippen LogP contribution in [0.2, 0.25) is 0 Å². The van der Waals surface area contributed by atoms with Crippen molar-refractivity contribution in [2.75, 3.05) is 7.11 Å². The Hall–Kier alpha value is -1.45. The molecule has 0 saturated heterocycles. The van der Waals surface area contributed by atoms with Crippen molar-refractivity contribution in [3.8, 4) is 0 Å². The van der Waals surface area contributed by atoms with Crippen LogP contribution in [0, 0.1) is 11.3 Å². The van der Waals surface area contributed by atoms with Gasteiger partial charge in [-0.3, -0.25) is 14.4 Å². The molecule has 0 bridgehead atoms. The van der Waals surface area contributed by atoms with Crippen molar-refractivity contribution in [2.45, 2.75) is 25.7 Å². The number of ether oxygens (including phenoxy) is 1. The van der Waals surface area contributed by atoms with Gasteiger partial charge in [0, 0.05) is 12.8 Å². The molecule has 2 rings (SSSR count). The quantitative estimate of drug-likeness (QED) is 0.491. The second-order valence-electron chi connectivity index (χ2n) is 4.36. The summed E-state index contributed by atoms with van der Waals surface area (Å²) in [6, 6.07) is 0. The fourth-order valence-corrected chi connectivity index (χ4v) is 2.71. The first kappa shape index (κ1) is 11.0. The lowest BCUT2D eigenvalue weighted by Gasteiger charge is -2.26. The number of Topliss-reactive ketones (excluding diaryl/α,β-unsaturated/α-hetero) is 1. The van der Waals surface area contributed by atoms with Gasteiger partial charge in [0.1, 0.15) is 5.41 Å². The van der Waals surface area contributed by atoms with Crippen molar-refractivity contribution in [1.82, 2.24) is 0 Å². The van der Waals surface area contributed by atoms with Crippen LogP contribution < -0.4 is 0 Å². The van der Waals surface area contributed by atoms with Gasteiger partial charge < -0.3 is 4.74 Å². The molecule has 1 saturated carbocycles. The third kappa shape index (κ3) is 1.40. The smallest absolute Gasteiger partial charge is 0.323 e. The second-order valence-corrected chi connectivity index (χ2v) is 4.36. The standard InChI is InChI=1S/C12H14O4/c1-16-11(15)12-7-6-9(13)4-2-8(12)3-5-10(12)14/h6-8H,2-5H2,1H3/t8-,12+/m1/s1. The summed E-state index contributed by atoms with van der Waals surface area (Å²) in [7, 11) is 1.28. The Labute approximate surface area is 93.7 Å². The molecule has 2 aliphatic carbocycles. The highest BCUT2D eigenvalue weighted by Crippen LogP contribution is 2.46. The lowest BCUT2D eigenvalue weighted by atomic mass is 9.76. The summed E-state index contributed by atoms with van der Waals surface area (Å²) in [5.41, 5.74) is -1.18. The van der Waals surface area contributed by atoms with Gasteiger partial charge in [0.25, 0.3) is 0 Å².